The minimum Gasteiger partial charge on any atom is -0.346 e. The lowest BCUT2D eigenvalue weighted by molar-refractivity contribution is 0.0898. The third-order valence-electron chi connectivity index (χ3n) is 2.91. The molecule has 1 amide bonds. The van der Waals surface area contributed by atoms with Crippen molar-refractivity contribution in [3.05, 3.63) is 34.1 Å². The van der Waals surface area contributed by atoms with Gasteiger partial charge in [0.2, 0.25) is 0 Å². The van der Waals surface area contributed by atoms with Crippen molar-refractivity contribution in [3.8, 4) is 0 Å². The standard InChI is InChI=1S/C14H20BrFN2O.ClH/c1-9(2)7-14(3,8-17)18-13(19)10-4-5-11(15)12(16)6-10;/h4-6,9H,7-8,17H2,1-3H3,(H,18,19);1H. The Morgan fingerprint density at radius 2 is 2.10 bits per heavy atom. The Bertz CT molecular complexity index is 470. The van der Waals surface area contributed by atoms with Gasteiger partial charge in [-0.2, -0.15) is 0 Å². The Morgan fingerprint density at radius 3 is 2.55 bits per heavy atom. The first-order chi connectivity index (χ1) is 8.77. The summed E-state index contributed by atoms with van der Waals surface area (Å²) in [5, 5.41) is 2.89. The van der Waals surface area contributed by atoms with E-state index in [-0.39, 0.29) is 18.3 Å². The first kappa shape index (κ1) is 19.4. The second kappa shape index (κ2) is 7.96. The summed E-state index contributed by atoms with van der Waals surface area (Å²) in [5.74, 6) is -0.346. The minimum atomic E-state index is -0.477. The van der Waals surface area contributed by atoms with E-state index in [2.05, 4.69) is 35.1 Å². The van der Waals surface area contributed by atoms with E-state index in [4.69, 9.17) is 5.73 Å². The van der Waals surface area contributed by atoms with Crippen molar-refractivity contribution in [2.24, 2.45) is 11.7 Å². The average molecular weight is 368 g/mol. The molecule has 0 saturated carbocycles. The summed E-state index contributed by atoms with van der Waals surface area (Å²) in [6, 6.07) is 4.31. The number of rotatable bonds is 5. The molecule has 114 valence electrons. The van der Waals surface area contributed by atoms with Crippen molar-refractivity contribution in [1.29, 1.82) is 0 Å². The molecule has 0 saturated heterocycles. The van der Waals surface area contributed by atoms with Crippen LogP contribution in [0.3, 0.4) is 0 Å². The van der Waals surface area contributed by atoms with Crippen LogP contribution in [0.1, 0.15) is 37.6 Å². The fraction of sp³-hybridized carbons (Fsp3) is 0.500. The first-order valence-corrected chi connectivity index (χ1v) is 7.04. The molecular weight excluding hydrogens is 347 g/mol. The molecule has 6 heteroatoms. The molecule has 1 aromatic rings. The van der Waals surface area contributed by atoms with Gasteiger partial charge in [-0.15, -0.1) is 12.4 Å². The van der Waals surface area contributed by atoms with E-state index in [0.29, 0.717) is 22.5 Å². The van der Waals surface area contributed by atoms with Gasteiger partial charge in [-0.05, 0) is 53.4 Å². The molecule has 3 nitrogen and oxygen atoms in total. The fourth-order valence-corrected chi connectivity index (χ4v) is 2.32. The van der Waals surface area contributed by atoms with Crippen LogP contribution in [0.5, 0.6) is 0 Å². The molecule has 0 aliphatic rings. The number of hydrogen-bond acceptors (Lipinski definition) is 2. The Labute approximate surface area is 134 Å². The Balaban J connectivity index is 0.00000361. The highest BCUT2D eigenvalue weighted by Gasteiger charge is 2.26. The Hall–Kier alpha value is -0.650. The van der Waals surface area contributed by atoms with E-state index in [1.807, 2.05) is 6.92 Å². The van der Waals surface area contributed by atoms with E-state index in [0.717, 1.165) is 6.42 Å². The molecule has 3 N–H and O–H groups in total. The predicted octanol–water partition coefficient (Wildman–Crippen LogP) is 3.50. The van der Waals surface area contributed by atoms with E-state index < -0.39 is 11.4 Å². The van der Waals surface area contributed by atoms with Gasteiger partial charge in [0.15, 0.2) is 0 Å². The van der Waals surface area contributed by atoms with Crippen LogP contribution in [0.25, 0.3) is 0 Å². The van der Waals surface area contributed by atoms with Gasteiger partial charge >= 0.3 is 0 Å². The Morgan fingerprint density at radius 1 is 1.50 bits per heavy atom. The number of carbonyl (C=O) groups excluding carboxylic acids is 1. The molecule has 1 unspecified atom stereocenters. The number of nitrogens with two attached hydrogens (primary N) is 1. The van der Waals surface area contributed by atoms with Gasteiger partial charge in [-0.3, -0.25) is 4.79 Å². The van der Waals surface area contributed by atoms with E-state index in [9.17, 15) is 9.18 Å². The second-order valence-electron chi connectivity index (χ2n) is 5.45. The number of nitrogens with one attached hydrogen (secondary N) is 1. The summed E-state index contributed by atoms with van der Waals surface area (Å²) in [6.07, 6.45) is 0.772. The Kier molecular flexibility index (Phi) is 7.70. The third-order valence-corrected chi connectivity index (χ3v) is 3.55. The summed E-state index contributed by atoms with van der Waals surface area (Å²) in [6.45, 7) is 6.38. The van der Waals surface area contributed by atoms with Crippen LogP contribution in [-0.2, 0) is 0 Å². The van der Waals surface area contributed by atoms with Gasteiger partial charge in [0.05, 0.1) is 4.47 Å². The number of halogens is 3. The lowest BCUT2D eigenvalue weighted by Crippen LogP contribution is -2.52. The summed E-state index contributed by atoms with van der Waals surface area (Å²) in [4.78, 5) is 12.1. The summed E-state index contributed by atoms with van der Waals surface area (Å²) in [7, 11) is 0. The molecule has 0 aliphatic heterocycles. The zero-order valence-corrected chi connectivity index (χ0v) is 14.3. The van der Waals surface area contributed by atoms with Crippen molar-refractivity contribution in [1.82, 2.24) is 5.32 Å². The van der Waals surface area contributed by atoms with Crippen LogP contribution in [-0.4, -0.2) is 18.0 Å². The van der Waals surface area contributed by atoms with Gasteiger partial charge in [-0.25, -0.2) is 4.39 Å². The highest BCUT2D eigenvalue weighted by atomic mass is 79.9. The van der Waals surface area contributed by atoms with Gasteiger partial charge in [0, 0.05) is 17.6 Å². The number of benzene rings is 1. The van der Waals surface area contributed by atoms with Crippen molar-refractivity contribution in [2.75, 3.05) is 6.54 Å². The van der Waals surface area contributed by atoms with Crippen molar-refractivity contribution >= 4 is 34.2 Å². The number of hydrogen-bond donors (Lipinski definition) is 2. The molecule has 0 radical (unpaired) electrons. The largest absolute Gasteiger partial charge is 0.346 e. The molecule has 1 aromatic carbocycles. The van der Waals surface area contributed by atoms with Crippen molar-refractivity contribution in [2.45, 2.75) is 32.7 Å². The second-order valence-corrected chi connectivity index (χ2v) is 6.30. The van der Waals surface area contributed by atoms with Gasteiger partial charge in [-0.1, -0.05) is 13.8 Å². The average Bonchev–Trinajstić information content (AvgIpc) is 2.31. The molecule has 20 heavy (non-hydrogen) atoms. The maximum absolute atomic E-state index is 13.4. The fourth-order valence-electron chi connectivity index (χ4n) is 2.07. The van der Waals surface area contributed by atoms with Crippen LogP contribution in [0.15, 0.2) is 22.7 Å². The van der Waals surface area contributed by atoms with Crippen LogP contribution in [0.4, 0.5) is 4.39 Å². The third kappa shape index (κ3) is 5.38. The molecule has 1 atom stereocenters. The van der Waals surface area contributed by atoms with E-state index in [1.54, 1.807) is 6.07 Å². The zero-order chi connectivity index (χ0) is 14.6. The van der Waals surface area contributed by atoms with Crippen LogP contribution in [0, 0.1) is 11.7 Å². The quantitative estimate of drug-likeness (QED) is 0.837. The molecule has 0 aliphatic carbocycles. The maximum Gasteiger partial charge on any atom is 0.251 e. The maximum atomic E-state index is 13.4. The monoisotopic (exact) mass is 366 g/mol. The molecule has 1 rings (SSSR count). The van der Waals surface area contributed by atoms with Crippen molar-refractivity contribution in [3.63, 3.8) is 0 Å². The normalized spacial score (nSPS) is 13.6. The molecule has 0 aromatic heterocycles. The van der Waals surface area contributed by atoms with Crippen LogP contribution >= 0.6 is 28.3 Å². The SMILES string of the molecule is CC(C)CC(C)(CN)NC(=O)c1ccc(Br)c(F)c1.Cl. The van der Waals surface area contributed by atoms with Crippen molar-refractivity contribution < 1.29 is 9.18 Å². The zero-order valence-electron chi connectivity index (χ0n) is 11.9. The van der Waals surface area contributed by atoms with Crippen LogP contribution < -0.4 is 11.1 Å². The van der Waals surface area contributed by atoms with E-state index in [1.165, 1.54) is 12.1 Å². The molecule has 0 heterocycles. The molecule has 0 fully saturated rings. The molecular formula is C14H21BrClFN2O. The lowest BCUT2D eigenvalue weighted by Gasteiger charge is -2.31. The predicted molar refractivity (Wildman–Crippen MR) is 85.7 cm³/mol. The topological polar surface area (TPSA) is 55.1 Å². The smallest absolute Gasteiger partial charge is 0.251 e. The minimum absolute atomic E-state index is 0. The van der Waals surface area contributed by atoms with Gasteiger partial charge in [0.1, 0.15) is 5.82 Å². The van der Waals surface area contributed by atoms with Crippen LogP contribution in [0.2, 0.25) is 0 Å². The van der Waals surface area contributed by atoms with Gasteiger partial charge < -0.3 is 11.1 Å². The summed E-state index contributed by atoms with van der Waals surface area (Å²) in [5.41, 5.74) is 5.56. The molecule has 0 bridgehead atoms. The highest BCUT2D eigenvalue weighted by molar-refractivity contribution is 9.10. The number of amides is 1. The first-order valence-electron chi connectivity index (χ1n) is 6.25. The van der Waals surface area contributed by atoms with Gasteiger partial charge in [0.25, 0.3) is 5.91 Å². The lowest BCUT2D eigenvalue weighted by atomic mass is 9.90. The highest BCUT2D eigenvalue weighted by Crippen LogP contribution is 2.19. The summed E-state index contributed by atoms with van der Waals surface area (Å²) >= 11 is 3.06. The number of carbonyl (C=O) groups is 1. The van der Waals surface area contributed by atoms with E-state index >= 15 is 0 Å². The molecule has 0 spiro atoms. The summed E-state index contributed by atoms with van der Waals surface area (Å²) < 4.78 is 13.8.